The van der Waals surface area contributed by atoms with Crippen molar-refractivity contribution in [3.63, 3.8) is 0 Å². The Balaban J connectivity index is 1.46. The second kappa shape index (κ2) is 5.72. The van der Waals surface area contributed by atoms with Crippen LogP contribution in [0.2, 0.25) is 5.02 Å². The number of carbonyl (C=O) groups is 1. The molecule has 1 N–H and O–H groups in total. The Bertz CT molecular complexity index is 919. The summed E-state index contributed by atoms with van der Waals surface area (Å²) in [4.78, 5) is 22.8. The normalized spacial score (nSPS) is 14.7. The molecule has 1 aliphatic heterocycles. The number of halogens is 1. The van der Waals surface area contributed by atoms with Gasteiger partial charge in [0.1, 0.15) is 6.33 Å². The van der Waals surface area contributed by atoms with Gasteiger partial charge in [-0.05, 0) is 12.1 Å². The molecule has 0 spiro atoms. The molecule has 1 fully saturated rings. The molecule has 3 heterocycles. The van der Waals surface area contributed by atoms with Gasteiger partial charge < -0.3 is 10.2 Å². The van der Waals surface area contributed by atoms with E-state index in [4.69, 9.17) is 11.6 Å². The number of amides is 1. The van der Waals surface area contributed by atoms with Crippen LogP contribution in [0.4, 0.5) is 11.5 Å². The maximum Gasteiger partial charge on any atom is 0.231 e. The quantitative estimate of drug-likeness (QED) is 0.775. The Labute approximate surface area is 142 Å². The summed E-state index contributed by atoms with van der Waals surface area (Å²) in [6.45, 7) is 1.14. The largest absolute Gasteiger partial charge is 0.353 e. The van der Waals surface area contributed by atoms with Gasteiger partial charge in [0, 0.05) is 20.1 Å². The number of hydrogen-bond donors (Lipinski definition) is 1. The topological polar surface area (TPSA) is 88.8 Å². The summed E-state index contributed by atoms with van der Waals surface area (Å²) in [5, 5.41) is 11.4. The third kappa shape index (κ3) is 2.44. The number of rotatable bonds is 3. The minimum Gasteiger partial charge on any atom is -0.353 e. The average Bonchev–Trinajstić information content (AvgIpc) is 2.91. The van der Waals surface area contributed by atoms with Gasteiger partial charge in [0.05, 0.1) is 16.6 Å². The molecule has 4 rings (SSSR count). The number of aryl methyl sites for hydroxylation is 1. The third-order valence-corrected chi connectivity index (χ3v) is 4.38. The summed E-state index contributed by atoms with van der Waals surface area (Å²) in [5.74, 6) is 0.529. The molecule has 1 aliphatic rings. The van der Waals surface area contributed by atoms with E-state index in [1.165, 1.54) is 6.33 Å². The van der Waals surface area contributed by atoms with Crippen molar-refractivity contribution in [3.8, 4) is 0 Å². The zero-order chi connectivity index (χ0) is 16.7. The lowest BCUT2D eigenvalue weighted by molar-refractivity contribution is -0.120. The first kappa shape index (κ1) is 14.8. The lowest BCUT2D eigenvalue weighted by Crippen LogP contribution is -2.52. The van der Waals surface area contributed by atoms with E-state index >= 15 is 0 Å². The molecule has 1 amide bonds. The van der Waals surface area contributed by atoms with E-state index in [1.807, 2.05) is 17.0 Å². The zero-order valence-corrected chi connectivity index (χ0v) is 13.6. The Morgan fingerprint density at radius 2 is 2.08 bits per heavy atom. The molecule has 122 valence electrons. The Kier molecular flexibility index (Phi) is 3.53. The van der Waals surface area contributed by atoms with E-state index in [0.29, 0.717) is 40.8 Å². The molecule has 2 aromatic heterocycles. The number of fused-ring (bicyclic) bond motifs is 1. The van der Waals surface area contributed by atoms with Crippen molar-refractivity contribution < 1.29 is 4.79 Å². The van der Waals surface area contributed by atoms with Crippen molar-refractivity contribution in [1.29, 1.82) is 0 Å². The van der Waals surface area contributed by atoms with Crippen molar-refractivity contribution in [2.45, 2.75) is 0 Å². The molecular formula is C15H14ClN7O. The van der Waals surface area contributed by atoms with Crippen LogP contribution in [0.15, 0.2) is 30.6 Å². The van der Waals surface area contributed by atoms with Gasteiger partial charge in [-0.3, -0.25) is 4.79 Å². The number of anilines is 2. The number of aromatic nitrogens is 5. The fourth-order valence-electron chi connectivity index (χ4n) is 2.69. The number of hydrogen-bond acceptors (Lipinski definition) is 6. The van der Waals surface area contributed by atoms with Crippen LogP contribution in [-0.2, 0) is 11.8 Å². The average molecular weight is 344 g/mol. The summed E-state index contributed by atoms with van der Waals surface area (Å²) in [6, 6.07) is 7.19. The molecular weight excluding hydrogens is 330 g/mol. The smallest absolute Gasteiger partial charge is 0.231 e. The second-order valence-corrected chi connectivity index (χ2v) is 6.06. The first-order valence-corrected chi connectivity index (χ1v) is 7.82. The van der Waals surface area contributed by atoms with Crippen LogP contribution in [0.3, 0.4) is 0 Å². The molecule has 0 radical (unpaired) electrons. The molecule has 1 saturated heterocycles. The lowest BCUT2D eigenvalue weighted by atomic mass is 9.99. The van der Waals surface area contributed by atoms with Crippen LogP contribution in [-0.4, -0.2) is 44.0 Å². The number of nitrogens with zero attached hydrogens (tertiary/aromatic N) is 6. The minimum absolute atomic E-state index is 0.0520. The number of nitrogens with one attached hydrogen (secondary N) is 1. The molecule has 24 heavy (non-hydrogen) atoms. The molecule has 0 aliphatic carbocycles. The molecule has 0 atom stereocenters. The van der Waals surface area contributed by atoms with Crippen LogP contribution >= 0.6 is 11.6 Å². The maximum atomic E-state index is 12.3. The highest BCUT2D eigenvalue weighted by Gasteiger charge is 2.35. The highest BCUT2D eigenvalue weighted by Crippen LogP contribution is 2.29. The van der Waals surface area contributed by atoms with Crippen molar-refractivity contribution in [3.05, 3.63) is 35.6 Å². The van der Waals surface area contributed by atoms with Crippen LogP contribution < -0.4 is 10.2 Å². The summed E-state index contributed by atoms with van der Waals surface area (Å²) >= 11 is 6.07. The molecule has 0 saturated carbocycles. The predicted molar refractivity (Wildman–Crippen MR) is 89.9 cm³/mol. The van der Waals surface area contributed by atoms with Gasteiger partial charge in [-0.1, -0.05) is 28.9 Å². The standard InChI is InChI=1S/C15H14ClN7O/c1-22-13-12(20-21-22)14(18-8-17-13)23-6-9(7-23)15(24)19-11-5-3-2-4-10(11)16/h2-5,8-9H,6-7H2,1H3,(H,19,24). The second-order valence-electron chi connectivity index (χ2n) is 5.65. The van der Waals surface area contributed by atoms with Crippen LogP contribution in [0.25, 0.3) is 11.2 Å². The summed E-state index contributed by atoms with van der Waals surface area (Å²) in [7, 11) is 1.78. The minimum atomic E-state index is -0.122. The fraction of sp³-hybridized carbons (Fsp3) is 0.267. The summed E-state index contributed by atoms with van der Waals surface area (Å²) < 4.78 is 1.60. The van der Waals surface area contributed by atoms with Crippen LogP contribution in [0.1, 0.15) is 0 Å². The predicted octanol–water partition coefficient (Wildman–Crippen LogP) is 1.49. The van der Waals surface area contributed by atoms with Crippen molar-refractivity contribution in [2.24, 2.45) is 13.0 Å². The van der Waals surface area contributed by atoms with Gasteiger partial charge in [-0.2, -0.15) is 0 Å². The van der Waals surface area contributed by atoms with Crippen molar-refractivity contribution >= 4 is 40.2 Å². The molecule has 9 heteroatoms. The Hall–Kier alpha value is -2.74. The first-order chi connectivity index (χ1) is 11.6. The van der Waals surface area contributed by atoms with E-state index in [2.05, 4.69) is 25.6 Å². The Morgan fingerprint density at radius 3 is 2.88 bits per heavy atom. The lowest BCUT2D eigenvalue weighted by Gasteiger charge is -2.38. The highest BCUT2D eigenvalue weighted by atomic mass is 35.5. The number of carbonyl (C=O) groups excluding carboxylic acids is 1. The van der Waals surface area contributed by atoms with E-state index in [1.54, 1.807) is 23.9 Å². The van der Waals surface area contributed by atoms with E-state index in [9.17, 15) is 4.79 Å². The molecule has 1 aromatic carbocycles. The monoisotopic (exact) mass is 343 g/mol. The molecule has 0 unspecified atom stereocenters. The van der Waals surface area contributed by atoms with Gasteiger partial charge in [0.15, 0.2) is 17.0 Å². The molecule has 8 nitrogen and oxygen atoms in total. The molecule has 3 aromatic rings. The summed E-state index contributed by atoms with van der Waals surface area (Å²) in [6.07, 6.45) is 1.48. The van der Waals surface area contributed by atoms with Gasteiger partial charge in [0.2, 0.25) is 5.91 Å². The SMILES string of the molecule is Cn1nnc2c(N3CC(C(=O)Nc4ccccc4Cl)C3)ncnc21. The van der Waals surface area contributed by atoms with E-state index in [0.717, 1.165) is 0 Å². The first-order valence-electron chi connectivity index (χ1n) is 7.44. The van der Waals surface area contributed by atoms with Crippen LogP contribution in [0, 0.1) is 5.92 Å². The molecule has 0 bridgehead atoms. The van der Waals surface area contributed by atoms with Crippen molar-refractivity contribution in [2.75, 3.05) is 23.3 Å². The Morgan fingerprint density at radius 1 is 1.29 bits per heavy atom. The summed E-state index contributed by atoms with van der Waals surface area (Å²) in [5.41, 5.74) is 1.94. The van der Waals surface area contributed by atoms with Gasteiger partial charge in [0.25, 0.3) is 0 Å². The zero-order valence-electron chi connectivity index (χ0n) is 12.8. The number of benzene rings is 1. The van der Waals surface area contributed by atoms with Gasteiger partial charge in [-0.25, -0.2) is 14.6 Å². The van der Waals surface area contributed by atoms with Gasteiger partial charge in [-0.15, -0.1) is 5.10 Å². The fourth-order valence-corrected chi connectivity index (χ4v) is 2.87. The third-order valence-electron chi connectivity index (χ3n) is 4.05. The van der Waals surface area contributed by atoms with E-state index < -0.39 is 0 Å². The maximum absolute atomic E-state index is 12.3. The van der Waals surface area contributed by atoms with Gasteiger partial charge >= 0.3 is 0 Å². The van der Waals surface area contributed by atoms with E-state index in [-0.39, 0.29) is 11.8 Å². The highest BCUT2D eigenvalue weighted by molar-refractivity contribution is 6.33. The number of para-hydroxylation sites is 1. The van der Waals surface area contributed by atoms with Crippen LogP contribution in [0.5, 0.6) is 0 Å². The van der Waals surface area contributed by atoms with Crippen molar-refractivity contribution in [1.82, 2.24) is 25.0 Å².